The van der Waals surface area contributed by atoms with Crippen LogP contribution in [0, 0.1) is 0 Å². The fraction of sp³-hybridized carbons (Fsp3) is 0.444. The van der Waals surface area contributed by atoms with Gasteiger partial charge in [0.15, 0.2) is 0 Å². The van der Waals surface area contributed by atoms with Crippen molar-refractivity contribution >= 4 is 44.8 Å². The molecule has 2 aliphatic rings. The number of fused-ring (bicyclic) bond motifs is 1. The summed E-state index contributed by atoms with van der Waals surface area (Å²) in [5.41, 5.74) is 2.53. The molecule has 1 saturated heterocycles. The van der Waals surface area contributed by atoms with Crippen molar-refractivity contribution in [2.75, 3.05) is 42.7 Å². The number of anilines is 3. The summed E-state index contributed by atoms with van der Waals surface area (Å²) in [6.07, 6.45) is 7.16. The highest BCUT2D eigenvalue weighted by Crippen LogP contribution is 2.44. The standard InChI is InChI=1S/C27H34FN3O5S2/c1-4-5-8-21-17-31(20-11-9-19(10-12-20)30-13-6-7-14-30)23-15-25(37-3)24(36-18-22(28)27(32)33)16-26(23)38(34,35)29(21)2/h9-12,15-16,18,21H,4-8,13-14,17H2,1-3H3,(H,32,33)/b22-18-. The van der Waals surface area contributed by atoms with Gasteiger partial charge in [0.2, 0.25) is 15.9 Å². The lowest BCUT2D eigenvalue weighted by molar-refractivity contribution is -0.134. The molecule has 2 aromatic rings. The summed E-state index contributed by atoms with van der Waals surface area (Å²) >= 11 is 1.30. The second kappa shape index (κ2) is 12.0. The monoisotopic (exact) mass is 563 g/mol. The van der Waals surface area contributed by atoms with E-state index in [9.17, 15) is 17.6 Å². The van der Waals surface area contributed by atoms with E-state index < -0.39 is 21.8 Å². The number of hydrogen-bond acceptors (Lipinski definition) is 7. The van der Waals surface area contributed by atoms with Gasteiger partial charge in [-0.05, 0) is 55.9 Å². The van der Waals surface area contributed by atoms with Gasteiger partial charge in [0.05, 0.1) is 10.6 Å². The van der Waals surface area contributed by atoms with E-state index in [1.807, 2.05) is 17.0 Å². The predicted molar refractivity (Wildman–Crippen MR) is 149 cm³/mol. The van der Waals surface area contributed by atoms with Crippen LogP contribution in [0.25, 0.3) is 0 Å². The van der Waals surface area contributed by atoms with E-state index in [4.69, 9.17) is 9.84 Å². The number of sulfonamides is 1. The van der Waals surface area contributed by atoms with Gasteiger partial charge in [-0.3, -0.25) is 0 Å². The van der Waals surface area contributed by atoms with Crippen LogP contribution in [0.2, 0.25) is 0 Å². The van der Waals surface area contributed by atoms with Gasteiger partial charge in [-0.25, -0.2) is 13.2 Å². The Kier molecular flexibility index (Phi) is 8.89. The minimum Gasteiger partial charge on any atom is -0.476 e. The molecule has 2 heterocycles. The number of carboxylic acid groups (broad SMARTS) is 1. The third-order valence-corrected chi connectivity index (χ3v) is 9.82. The van der Waals surface area contributed by atoms with Crippen molar-refractivity contribution in [3.63, 3.8) is 0 Å². The molecular formula is C27H34FN3O5S2. The van der Waals surface area contributed by atoms with E-state index in [1.54, 1.807) is 19.4 Å². The van der Waals surface area contributed by atoms with Crippen molar-refractivity contribution in [3.05, 3.63) is 48.5 Å². The summed E-state index contributed by atoms with van der Waals surface area (Å²) < 4.78 is 48.1. The number of rotatable bonds is 9. The first-order valence-corrected chi connectivity index (χ1v) is 15.4. The highest BCUT2D eigenvalue weighted by molar-refractivity contribution is 7.98. The molecule has 0 amide bonds. The zero-order chi connectivity index (χ0) is 27.4. The molecule has 11 heteroatoms. The van der Waals surface area contributed by atoms with Crippen LogP contribution in [0.5, 0.6) is 5.75 Å². The molecule has 0 radical (unpaired) electrons. The molecule has 2 aromatic carbocycles. The SMILES string of the molecule is CCCCC1CN(c2ccc(N3CCCC3)cc2)c2cc(SC)c(O/C=C(\F)C(=O)O)cc2S(=O)(=O)N1C. The normalized spacial score (nSPS) is 19.8. The highest BCUT2D eigenvalue weighted by Gasteiger charge is 2.37. The van der Waals surface area contributed by atoms with Crippen LogP contribution < -0.4 is 14.5 Å². The first-order chi connectivity index (χ1) is 18.2. The minimum atomic E-state index is -3.94. The molecule has 38 heavy (non-hydrogen) atoms. The van der Waals surface area contributed by atoms with E-state index in [1.165, 1.54) is 35.0 Å². The Labute approximate surface area is 228 Å². The average Bonchev–Trinajstić information content (AvgIpc) is 3.44. The van der Waals surface area contributed by atoms with E-state index in [2.05, 4.69) is 24.0 Å². The molecule has 0 bridgehead atoms. The van der Waals surface area contributed by atoms with Crippen LogP contribution >= 0.6 is 11.8 Å². The van der Waals surface area contributed by atoms with E-state index in [0.717, 1.165) is 37.3 Å². The Balaban J connectivity index is 1.83. The zero-order valence-corrected chi connectivity index (χ0v) is 23.5. The van der Waals surface area contributed by atoms with Crippen LogP contribution in [-0.2, 0) is 14.8 Å². The molecule has 1 fully saturated rings. The molecule has 0 aromatic heterocycles. The number of ether oxygens (including phenoxy) is 1. The number of nitrogens with zero attached hydrogens (tertiary/aromatic N) is 3. The first kappa shape index (κ1) is 28.3. The summed E-state index contributed by atoms with van der Waals surface area (Å²) in [4.78, 5) is 15.9. The Hall–Kier alpha value is -2.76. The summed E-state index contributed by atoms with van der Waals surface area (Å²) in [5.74, 6) is -3.17. The van der Waals surface area contributed by atoms with E-state index in [-0.39, 0.29) is 16.7 Å². The van der Waals surface area contributed by atoms with Gasteiger partial charge < -0.3 is 19.6 Å². The lowest BCUT2D eigenvalue weighted by Gasteiger charge is -2.30. The average molecular weight is 564 g/mol. The van der Waals surface area contributed by atoms with Crippen LogP contribution in [0.3, 0.4) is 0 Å². The van der Waals surface area contributed by atoms with Gasteiger partial charge in [0.25, 0.3) is 0 Å². The largest absolute Gasteiger partial charge is 0.476 e. The Bertz CT molecular complexity index is 1290. The molecule has 0 spiro atoms. The molecule has 206 valence electrons. The summed E-state index contributed by atoms with van der Waals surface area (Å²) in [5, 5.41) is 8.84. The topological polar surface area (TPSA) is 90.4 Å². The van der Waals surface area contributed by atoms with Crippen molar-refractivity contribution in [1.82, 2.24) is 4.31 Å². The molecule has 8 nitrogen and oxygen atoms in total. The summed E-state index contributed by atoms with van der Waals surface area (Å²) in [6.45, 7) is 4.61. The Morgan fingerprint density at radius 3 is 2.45 bits per heavy atom. The second-order valence-electron chi connectivity index (χ2n) is 9.50. The van der Waals surface area contributed by atoms with Crippen LogP contribution in [0.4, 0.5) is 21.5 Å². The van der Waals surface area contributed by atoms with Crippen molar-refractivity contribution in [3.8, 4) is 5.75 Å². The van der Waals surface area contributed by atoms with Crippen molar-refractivity contribution in [2.45, 2.75) is 54.9 Å². The van der Waals surface area contributed by atoms with Crippen molar-refractivity contribution in [1.29, 1.82) is 0 Å². The molecule has 1 unspecified atom stereocenters. The maximum absolute atomic E-state index is 13.8. The molecule has 0 saturated carbocycles. The molecule has 4 rings (SSSR count). The number of aliphatic carboxylic acids is 1. The number of hydrogen-bond donors (Lipinski definition) is 1. The Morgan fingerprint density at radius 1 is 1.18 bits per heavy atom. The van der Waals surface area contributed by atoms with Gasteiger partial charge in [-0.15, -0.1) is 11.8 Å². The van der Waals surface area contributed by atoms with Crippen molar-refractivity contribution < 1.29 is 27.4 Å². The molecule has 1 atom stereocenters. The van der Waals surface area contributed by atoms with Crippen molar-refractivity contribution in [2.24, 2.45) is 0 Å². The minimum absolute atomic E-state index is 0.0274. The van der Waals surface area contributed by atoms with E-state index in [0.29, 0.717) is 29.8 Å². The number of likely N-dealkylation sites (N-methyl/N-ethyl adjacent to an activating group) is 1. The summed E-state index contributed by atoms with van der Waals surface area (Å²) in [7, 11) is -2.35. The lowest BCUT2D eigenvalue weighted by Crippen LogP contribution is -2.40. The van der Waals surface area contributed by atoms with Gasteiger partial charge >= 0.3 is 5.97 Å². The number of carboxylic acids is 1. The molecule has 1 N–H and O–H groups in total. The van der Waals surface area contributed by atoms with Crippen LogP contribution in [0.15, 0.2) is 58.3 Å². The number of benzene rings is 2. The zero-order valence-electron chi connectivity index (χ0n) is 21.9. The van der Waals surface area contributed by atoms with E-state index >= 15 is 0 Å². The fourth-order valence-electron chi connectivity index (χ4n) is 4.92. The summed E-state index contributed by atoms with van der Waals surface area (Å²) in [6, 6.07) is 11.0. The predicted octanol–water partition coefficient (Wildman–Crippen LogP) is 5.61. The lowest BCUT2D eigenvalue weighted by atomic mass is 10.1. The Morgan fingerprint density at radius 2 is 1.84 bits per heavy atom. The van der Waals surface area contributed by atoms with Gasteiger partial charge in [0, 0.05) is 50.2 Å². The second-order valence-corrected chi connectivity index (χ2v) is 12.3. The quantitative estimate of drug-likeness (QED) is 0.239. The molecule has 2 aliphatic heterocycles. The molecular weight excluding hydrogens is 529 g/mol. The number of halogens is 1. The third-order valence-electron chi connectivity index (χ3n) is 7.12. The number of carbonyl (C=O) groups is 1. The van der Waals surface area contributed by atoms with Gasteiger partial charge in [-0.2, -0.15) is 8.70 Å². The molecule has 0 aliphatic carbocycles. The number of thioether (sulfide) groups is 1. The maximum atomic E-state index is 13.8. The van der Waals surface area contributed by atoms with Gasteiger partial charge in [0.1, 0.15) is 16.9 Å². The maximum Gasteiger partial charge on any atom is 0.368 e. The smallest absolute Gasteiger partial charge is 0.368 e. The van der Waals surface area contributed by atoms with Crippen LogP contribution in [-0.4, -0.2) is 62.8 Å². The fourth-order valence-corrected chi connectivity index (χ4v) is 7.02. The van der Waals surface area contributed by atoms with Crippen LogP contribution in [0.1, 0.15) is 39.0 Å². The van der Waals surface area contributed by atoms with Gasteiger partial charge in [-0.1, -0.05) is 19.8 Å². The first-order valence-electron chi connectivity index (χ1n) is 12.8. The third kappa shape index (κ3) is 5.79. The highest BCUT2D eigenvalue weighted by atomic mass is 32.2. The number of unbranched alkanes of at least 4 members (excludes halogenated alkanes) is 1.